The molecule has 3 rings (SSSR count). The minimum atomic E-state index is -2.43. The Bertz CT molecular complexity index is 959. The fourth-order valence-electron chi connectivity index (χ4n) is 2.61. The minimum absolute atomic E-state index is 0.111. The van der Waals surface area contributed by atoms with Gasteiger partial charge in [-0.05, 0) is 47.8 Å². The maximum atomic E-state index is 11.6. The van der Waals surface area contributed by atoms with Crippen LogP contribution in [0.15, 0.2) is 66.0 Å². The molecule has 1 unspecified atom stereocenters. The minimum Gasteiger partial charge on any atom is -0.755 e. The molecule has 9 heteroatoms. The van der Waals surface area contributed by atoms with E-state index in [1.807, 2.05) is 0 Å². The van der Waals surface area contributed by atoms with Gasteiger partial charge < -0.3 is 19.1 Å². The fourth-order valence-corrected chi connectivity index (χ4v) is 4.08. The number of carboxylic acids is 1. The second-order valence-electron chi connectivity index (χ2n) is 5.83. The summed E-state index contributed by atoms with van der Waals surface area (Å²) < 4.78 is 35.6. The van der Waals surface area contributed by atoms with Crippen molar-refractivity contribution in [3.05, 3.63) is 71.6 Å². The van der Waals surface area contributed by atoms with Crippen LogP contribution >= 0.6 is 11.3 Å². The van der Waals surface area contributed by atoms with Crippen molar-refractivity contribution in [3.63, 3.8) is 0 Å². The average Bonchev–Trinajstić information content (AvgIpc) is 3.21. The van der Waals surface area contributed by atoms with Gasteiger partial charge in [-0.1, -0.05) is 18.2 Å². The van der Waals surface area contributed by atoms with E-state index in [1.54, 1.807) is 66.0 Å². The number of carbonyl (C=O) groups is 1. The molecule has 0 aliphatic heterocycles. The molecule has 0 radical (unpaired) electrons. The standard InChI is InChI=1S/C20H19NO6S2/c22-20(23)14-15-4-1-2-5-18(15)27-12-11-26-17-9-7-16(8-10-17)21(29(24)25)19-6-3-13-28-19/h1-10,13H,11-12,14H2,(H,22,23)(H,24,25)/p-1. The number of hydrogen-bond acceptors (Lipinski definition) is 6. The Kier molecular flexibility index (Phi) is 7.23. The molecule has 0 spiro atoms. The zero-order valence-electron chi connectivity index (χ0n) is 15.2. The summed E-state index contributed by atoms with van der Waals surface area (Å²) in [4.78, 5) is 10.9. The van der Waals surface area contributed by atoms with Gasteiger partial charge in [0.05, 0.1) is 23.4 Å². The molecule has 0 amide bonds. The highest BCUT2D eigenvalue weighted by Crippen LogP contribution is 2.31. The van der Waals surface area contributed by atoms with Crippen LogP contribution in [0.3, 0.4) is 0 Å². The number of nitrogens with zero attached hydrogens (tertiary/aromatic N) is 1. The molecule has 0 saturated heterocycles. The van der Waals surface area contributed by atoms with Crippen molar-refractivity contribution in [1.82, 2.24) is 0 Å². The van der Waals surface area contributed by atoms with E-state index in [0.29, 0.717) is 27.8 Å². The Hall–Kier alpha value is -2.88. The third kappa shape index (κ3) is 5.80. The molecule has 7 nitrogen and oxygen atoms in total. The highest BCUT2D eigenvalue weighted by Gasteiger charge is 2.11. The van der Waals surface area contributed by atoms with Crippen LogP contribution in [-0.4, -0.2) is 33.1 Å². The number of aliphatic carboxylic acids is 1. The molecule has 3 aromatic rings. The van der Waals surface area contributed by atoms with Crippen molar-refractivity contribution in [1.29, 1.82) is 0 Å². The van der Waals surface area contributed by atoms with Crippen molar-refractivity contribution in [2.45, 2.75) is 6.42 Å². The predicted octanol–water partition coefficient (Wildman–Crippen LogP) is 3.77. The number of hydrogen-bond donors (Lipinski definition) is 1. The first-order valence-electron chi connectivity index (χ1n) is 8.63. The van der Waals surface area contributed by atoms with Crippen molar-refractivity contribution in [2.75, 3.05) is 17.5 Å². The quantitative estimate of drug-likeness (QED) is 0.387. The SMILES string of the molecule is O=C(O)Cc1ccccc1OCCOc1ccc(N(c2cccs2)S(=O)[O-])cc1. The van der Waals surface area contributed by atoms with Gasteiger partial charge in [0.25, 0.3) is 0 Å². The van der Waals surface area contributed by atoms with Gasteiger partial charge in [0, 0.05) is 5.56 Å². The van der Waals surface area contributed by atoms with Crippen molar-refractivity contribution < 1.29 is 28.1 Å². The predicted molar refractivity (Wildman–Crippen MR) is 111 cm³/mol. The molecule has 2 aromatic carbocycles. The van der Waals surface area contributed by atoms with Crippen molar-refractivity contribution in [3.8, 4) is 11.5 Å². The van der Waals surface area contributed by atoms with Crippen LogP contribution in [0.2, 0.25) is 0 Å². The lowest BCUT2D eigenvalue weighted by atomic mass is 10.1. The summed E-state index contributed by atoms with van der Waals surface area (Å²) in [5.74, 6) is 0.158. The Morgan fingerprint density at radius 2 is 1.76 bits per heavy atom. The zero-order chi connectivity index (χ0) is 20.6. The molecule has 1 aromatic heterocycles. The third-order valence-electron chi connectivity index (χ3n) is 3.85. The number of rotatable bonds is 10. The van der Waals surface area contributed by atoms with Crippen LogP contribution in [0.5, 0.6) is 11.5 Å². The van der Waals surface area contributed by atoms with Gasteiger partial charge in [0.1, 0.15) is 29.7 Å². The van der Waals surface area contributed by atoms with E-state index >= 15 is 0 Å². The van der Waals surface area contributed by atoms with E-state index in [4.69, 9.17) is 14.6 Å². The Balaban J connectivity index is 1.55. The van der Waals surface area contributed by atoms with E-state index in [1.165, 1.54) is 15.6 Å². The normalized spacial score (nSPS) is 11.6. The lowest BCUT2D eigenvalue weighted by Gasteiger charge is -2.24. The van der Waals surface area contributed by atoms with Crippen LogP contribution in [0, 0.1) is 0 Å². The second-order valence-corrected chi connectivity index (χ2v) is 7.56. The molecule has 0 fully saturated rings. The van der Waals surface area contributed by atoms with Crippen molar-refractivity contribution >= 4 is 39.3 Å². The average molecular weight is 432 g/mol. The zero-order valence-corrected chi connectivity index (χ0v) is 16.9. The molecular formula is C20H18NO6S2-. The highest BCUT2D eigenvalue weighted by molar-refractivity contribution is 7.81. The Morgan fingerprint density at radius 1 is 1.03 bits per heavy atom. The molecular weight excluding hydrogens is 414 g/mol. The van der Waals surface area contributed by atoms with Crippen LogP contribution in [-0.2, 0) is 22.5 Å². The molecule has 1 N–H and O–H groups in total. The first-order valence-corrected chi connectivity index (χ1v) is 10.5. The van der Waals surface area contributed by atoms with E-state index in [2.05, 4.69) is 0 Å². The molecule has 0 aliphatic rings. The van der Waals surface area contributed by atoms with Crippen LogP contribution in [0.1, 0.15) is 5.56 Å². The monoisotopic (exact) mass is 432 g/mol. The summed E-state index contributed by atoms with van der Waals surface area (Å²) in [7, 11) is 0. The fraction of sp³-hybridized carbons (Fsp3) is 0.150. The number of thiophene rings is 1. The summed E-state index contributed by atoms with van der Waals surface area (Å²) in [6, 6.07) is 17.2. The summed E-state index contributed by atoms with van der Waals surface area (Å²) in [5.41, 5.74) is 1.11. The topological polar surface area (TPSA) is 99.1 Å². The van der Waals surface area contributed by atoms with E-state index < -0.39 is 17.2 Å². The lowest BCUT2D eigenvalue weighted by Crippen LogP contribution is -2.18. The van der Waals surface area contributed by atoms with Gasteiger partial charge >= 0.3 is 5.97 Å². The summed E-state index contributed by atoms with van der Waals surface area (Å²) >= 11 is -1.11. The smallest absolute Gasteiger partial charge is 0.307 e. The number of para-hydroxylation sites is 1. The summed E-state index contributed by atoms with van der Waals surface area (Å²) in [6.07, 6.45) is -0.111. The molecule has 152 valence electrons. The molecule has 0 bridgehead atoms. The number of ether oxygens (including phenoxy) is 2. The largest absolute Gasteiger partial charge is 0.755 e. The highest BCUT2D eigenvalue weighted by atomic mass is 32.2. The number of carboxylic acid groups (broad SMARTS) is 1. The van der Waals surface area contributed by atoms with E-state index in [9.17, 15) is 13.6 Å². The molecule has 1 atom stereocenters. The Labute approximate surface area is 174 Å². The molecule has 29 heavy (non-hydrogen) atoms. The molecule has 0 aliphatic carbocycles. The van der Waals surface area contributed by atoms with E-state index in [-0.39, 0.29) is 19.6 Å². The first-order chi connectivity index (χ1) is 14.0. The summed E-state index contributed by atoms with van der Waals surface area (Å²) in [6.45, 7) is 0.493. The van der Waals surface area contributed by atoms with E-state index in [0.717, 1.165) is 0 Å². The summed E-state index contributed by atoms with van der Waals surface area (Å²) in [5, 5.41) is 11.4. The van der Waals surface area contributed by atoms with Gasteiger partial charge in [0.15, 0.2) is 0 Å². The maximum Gasteiger partial charge on any atom is 0.307 e. The van der Waals surface area contributed by atoms with Crippen molar-refractivity contribution in [2.24, 2.45) is 0 Å². The Morgan fingerprint density at radius 3 is 2.41 bits per heavy atom. The number of anilines is 2. The van der Waals surface area contributed by atoms with Gasteiger partial charge in [-0.2, -0.15) is 0 Å². The third-order valence-corrected chi connectivity index (χ3v) is 5.53. The van der Waals surface area contributed by atoms with Crippen LogP contribution in [0.25, 0.3) is 0 Å². The maximum absolute atomic E-state index is 11.6. The van der Waals surface area contributed by atoms with Gasteiger partial charge in [-0.25, -0.2) is 0 Å². The van der Waals surface area contributed by atoms with Gasteiger partial charge in [-0.15, -0.1) is 11.3 Å². The molecule has 1 heterocycles. The van der Waals surface area contributed by atoms with Gasteiger partial charge in [-0.3, -0.25) is 13.3 Å². The lowest BCUT2D eigenvalue weighted by molar-refractivity contribution is -0.136. The molecule has 0 saturated carbocycles. The second kappa shape index (κ2) is 10.1. The van der Waals surface area contributed by atoms with Crippen LogP contribution < -0.4 is 13.8 Å². The van der Waals surface area contributed by atoms with Gasteiger partial charge in [0.2, 0.25) is 0 Å². The van der Waals surface area contributed by atoms with Crippen LogP contribution in [0.4, 0.5) is 10.7 Å². The first kappa shape index (κ1) is 20.8. The number of benzene rings is 2.